The molecule has 0 atom stereocenters. The lowest BCUT2D eigenvalue weighted by Gasteiger charge is -2.32. The summed E-state index contributed by atoms with van der Waals surface area (Å²) in [5.41, 5.74) is 2.65. The molecule has 4 rings (SSSR count). The van der Waals surface area contributed by atoms with Crippen LogP contribution in [0.5, 0.6) is 5.75 Å². The number of nitrogens with zero attached hydrogens (tertiary/aromatic N) is 4. The van der Waals surface area contributed by atoms with Crippen LogP contribution in [0, 0.1) is 11.3 Å². The zero-order chi connectivity index (χ0) is 18.6. The number of benzene rings is 1. The first-order valence-electron chi connectivity index (χ1n) is 8.99. The fraction of sp³-hybridized carbons (Fsp3) is 0.286. The molecule has 3 aromatic rings. The largest absolute Gasteiger partial charge is 0.496 e. The van der Waals surface area contributed by atoms with E-state index in [1.54, 1.807) is 24.6 Å². The van der Waals surface area contributed by atoms with Crippen molar-refractivity contribution in [2.24, 2.45) is 0 Å². The Labute approximate surface area is 162 Å². The molecule has 0 unspecified atom stereocenters. The summed E-state index contributed by atoms with van der Waals surface area (Å²) in [6.07, 6.45) is 3.78. The zero-order valence-corrected chi connectivity index (χ0v) is 15.9. The number of hydrogen-bond acceptors (Lipinski definition) is 6. The van der Waals surface area contributed by atoms with Gasteiger partial charge in [0.1, 0.15) is 17.6 Å². The maximum absolute atomic E-state index is 9.30. The summed E-state index contributed by atoms with van der Waals surface area (Å²) in [5.74, 6) is 2.10. The lowest BCUT2D eigenvalue weighted by molar-refractivity contribution is 0.416. The van der Waals surface area contributed by atoms with Gasteiger partial charge in [0.2, 0.25) is 0 Å². The molecule has 1 aromatic carbocycles. The molecule has 136 valence electrons. The molecule has 0 radical (unpaired) electrons. The molecule has 0 amide bonds. The van der Waals surface area contributed by atoms with Gasteiger partial charge in [-0.1, -0.05) is 12.1 Å². The van der Waals surface area contributed by atoms with Gasteiger partial charge in [-0.05, 0) is 37.1 Å². The Hall–Kier alpha value is -2.91. The SMILES string of the molecule is COc1ccccc1-c1csc(C2CCN(c3ncccc3C#N)CC2)n1. The molecule has 0 N–H and O–H groups in total. The zero-order valence-electron chi connectivity index (χ0n) is 15.1. The van der Waals surface area contributed by atoms with Crippen LogP contribution in [0.3, 0.4) is 0 Å². The van der Waals surface area contributed by atoms with Crippen molar-refractivity contribution in [1.82, 2.24) is 9.97 Å². The van der Waals surface area contributed by atoms with Gasteiger partial charge in [0.25, 0.3) is 0 Å². The predicted octanol–water partition coefficient (Wildman–Crippen LogP) is 4.47. The van der Waals surface area contributed by atoms with Crippen molar-refractivity contribution in [2.75, 3.05) is 25.1 Å². The number of piperidine rings is 1. The first-order chi connectivity index (χ1) is 13.3. The maximum Gasteiger partial charge on any atom is 0.146 e. The number of aromatic nitrogens is 2. The molecule has 2 aromatic heterocycles. The highest BCUT2D eigenvalue weighted by molar-refractivity contribution is 7.10. The van der Waals surface area contributed by atoms with Gasteiger partial charge in [0.15, 0.2) is 0 Å². The lowest BCUT2D eigenvalue weighted by Crippen LogP contribution is -2.34. The number of anilines is 1. The standard InChI is InChI=1S/C21H20N4OS/c1-26-19-7-3-2-6-17(19)18-14-27-21(24-18)15-8-11-25(12-9-15)20-16(13-22)5-4-10-23-20/h2-7,10,14-15H,8-9,11-12H2,1H3. The normalized spacial score (nSPS) is 14.7. The molecule has 0 spiro atoms. The van der Waals surface area contributed by atoms with Gasteiger partial charge in [0.05, 0.1) is 23.4 Å². The molecule has 0 aliphatic carbocycles. The molecule has 1 saturated heterocycles. The van der Waals surface area contributed by atoms with Gasteiger partial charge in [-0.3, -0.25) is 0 Å². The Bertz CT molecular complexity index is 970. The van der Waals surface area contributed by atoms with Gasteiger partial charge in [-0.2, -0.15) is 5.26 Å². The van der Waals surface area contributed by atoms with Crippen molar-refractivity contribution in [3.8, 4) is 23.1 Å². The average molecular weight is 376 g/mol. The third-order valence-electron chi connectivity index (χ3n) is 4.96. The van der Waals surface area contributed by atoms with Gasteiger partial charge in [-0.15, -0.1) is 11.3 Å². The molecule has 27 heavy (non-hydrogen) atoms. The number of pyridine rings is 1. The minimum atomic E-state index is 0.448. The number of rotatable bonds is 4. The van der Waals surface area contributed by atoms with E-state index in [9.17, 15) is 5.26 Å². The summed E-state index contributed by atoms with van der Waals surface area (Å²) < 4.78 is 5.46. The topological polar surface area (TPSA) is 62.0 Å². The van der Waals surface area contributed by atoms with Crippen LogP contribution in [0.15, 0.2) is 48.0 Å². The Morgan fingerprint density at radius 2 is 2.00 bits per heavy atom. The third-order valence-corrected chi connectivity index (χ3v) is 5.96. The Morgan fingerprint density at radius 1 is 1.19 bits per heavy atom. The van der Waals surface area contributed by atoms with E-state index in [-0.39, 0.29) is 0 Å². The van der Waals surface area contributed by atoms with Crippen LogP contribution < -0.4 is 9.64 Å². The van der Waals surface area contributed by atoms with Gasteiger partial charge in [-0.25, -0.2) is 9.97 Å². The molecule has 3 heterocycles. The fourth-order valence-corrected chi connectivity index (χ4v) is 4.52. The van der Waals surface area contributed by atoms with Crippen molar-refractivity contribution in [3.63, 3.8) is 0 Å². The summed E-state index contributed by atoms with van der Waals surface area (Å²) in [6, 6.07) is 13.9. The number of para-hydroxylation sites is 1. The number of nitriles is 1. The van der Waals surface area contributed by atoms with E-state index in [1.165, 1.54) is 5.01 Å². The molecular formula is C21H20N4OS. The summed E-state index contributed by atoms with van der Waals surface area (Å²) in [5, 5.41) is 12.6. The second kappa shape index (κ2) is 7.77. The molecule has 6 heteroatoms. The van der Waals surface area contributed by atoms with Gasteiger partial charge < -0.3 is 9.64 Å². The highest BCUT2D eigenvalue weighted by Gasteiger charge is 2.25. The Morgan fingerprint density at radius 3 is 2.78 bits per heavy atom. The van der Waals surface area contributed by atoms with Crippen molar-refractivity contribution in [3.05, 3.63) is 58.5 Å². The first kappa shape index (κ1) is 17.5. The smallest absolute Gasteiger partial charge is 0.146 e. The van der Waals surface area contributed by atoms with Gasteiger partial charge >= 0.3 is 0 Å². The summed E-state index contributed by atoms with van der Waals surface area (Å²) in [6.45, 7) is 1.78. The molecular weight excluding hydrogens is 356 g/mol. The molecule has 0 bridgehead atoms. The van der Waals surface area contributed by atoms with Crippen LogP contribution in [0.25, 0.3) is 11.3 Å². The predicted molar refractivity (Wildman–Crippen MR) is 107 cm³/mol. The minimum absolute atomic E-state index is 0.448. The lowest BCUT2D eigenvalue weighted by atomic mass is 9.97. The molecule has 1 fully saturated rings. The van der Waals surface area contributed by atoms with Crippen molar-refractivity contribution in [2.45, 2.75) is 18.8 Å². The molecule has 1 aliphatic rings. The van der Waals surface area contributed by atoms with Crippen LogP contribution in [-0.4, -0.2) is 30.2 Å². The molecule has 0 saturated carbocycles. The molecule has 1 aliphatic heterocycles. The summed E-state index contributed by atoms with van der Waals surface area (Å²) >= 11 is 1.72. The van der Waals surface area contributed by atoms with Crippen LogP contribution >= 0.6 is 11.3 Å². The van der Waals surface area contributed by atoms with E-state index in [0.717, 1.165) is 48.8 Å². The highest BCUT2D eigenvalue weighted by atomic mass is 32.1. The van der Waals surface area contributed by atoms with E-state index in [0.29, 0.717) is 11.5 Å². The van der Waals surface area contributed by atoms with E-state index in [1.807, 2.05) is 36.4 Å². The van der Waals surface area contributed by atoms with Crippen LogP contribution in [0.1, 0.15) is 29.3 Å². The van der Waals surface area contributed by atoms with Crippen molar-refractivity contribution in [1.29, 1.82) is 5.26 Å². The van der Waals surface area contributed by atoms with Crippen molar-refractivity contribution < 1.29 is 4.74 Å². The quantitative estimate of drug-likeness (QED) is 0.672. The monoisotopic (exact) mass is 376 g/mol. The Balaban J connectivity index is 1.48. The number of hydrogen-bond donors (Lipinski definition) is 0. The summed E-state index contributed by atoms with van der Waals surface area (Å²) in [7, 11) is 1.69. The Kier molecular flexibility index (Phi) is 5.03. The van der Waals surface area contributed by atoms with Crippen LogP contribution in [0.2, 0.25) is 0 Å². The fourth-order valence-electron chi connectivity index (χ4n) is 3.53. The number of ether oxygens (including phenoxy) is 1. The average Bonchev–Trinajstić information content (AvgIpc) is 3.24. The minimum Gasteiger partial charge on any atom is -0.496 e. The first-order valence-corrected chi connectivity index (χ1v) is 9.87. The van der Waals surface area contributed by atoms with Crippen LogP contribution in [0.4, 0.5) is 5.82 Å². The third kappa shape index (κ3) is 3.51. The second-order valence-corrected chi connectivity index (χ2v) is 7.41. The number of methoxy groups -OCH3 is 1. The maximum atomic E-state index is 9.30. The number of thiazole rings is 1. The van der Waals surface area contributed by atoms with Crippen molar-refractivity contribution >= 4 is 17.2 Å². The van der Waals surface area contributed by atoms with E-state index in [2.05, 4.69) is 21.3 Å². The van der Waals surface area contributed by atoms with Gasteiger partial charge in [0, 0.05) is 36.1 Å². The molecule has 5 nitrogen and oxygen atoms in total. The van der Waals surface area contributed by atoms with Crippen LogP contribution in [-0.2, 0) is 0 Å². The summed E-state index contributed by atoms with van der Waals surface area (Å²) in [4.78, 5) is 11.5. The van der Waals surface area contributed by atoms with E-state index >= 15 is 0 Å². The van der Waals surface area contributed by atoms with E-state index in [4.69, 9.17) is 9.72 Å². The highest BCUT2D eigenvalue weighted by Crippen LogP contribution is 2.36. The van der Waals surface area contributed by atoms with E-state index < -0.39 is 0 Å². The second-order valence-electron chi connectivity index (χ2n) is 6.52.